The average Bonchev–Trinajstić information content (AvgIpc) is 2.53. The Morgan fingerprint density at radius 2 is 1.83 bits per heavy atom. The molecule has 1 N–H and O–H groups in total. The summed E-state index contributed by atoms with van der Waals surface area (Å²) in [5, 5.41) is 2.34. The number of benzene rings is 2. The van der Waals surface area contributed by atoms with Crippen molar-refractivity contribution in [1.29, 1.82) is 0 Å². The van der Waals surface area contributed by atoms with E-state index in [1.807, 2.05) is 30.3 Å². The van der Waals surface area contributed by atoms with E-state index in [1.165, 1.54) is 17.8 Å². The van der Waals surface area contributed by atoms with Gasteiger partial charge in [0.1, 0.15) is 0 Å². The van der Waals surface area contributed by atoms with Crippen LogP contribution in [0.15, 0.2) is 59.5 Å². The molecule has 122 valence electrons. The van der Waals surface area contributed by atoms with Gasteiger partial charge in [0, 0.05) is 11.4 Å². The molecule has 0 saturated heterocycles. The smallest absolute Gasteiger partial charge is 0.351 e. The molecule has 0 radical (unpaired) electrons. The lowest BCUT2D eigenvalue weighted by molar-refractivity contribution is -0.137. The van der Waals surface area contributed by atoms with Crippen LogP contribution in [0.3, 0.4) is 0 Å². The zero-order chi connectivity index (χ0) is 16.9. The van der Waals surface area contributed by atoms with Crippen LogP contribution in [0.4, 0.5) is 13.2 Å². The van der Waals surface area contributed by atoms with Crippen LogP contribution in [-0.2, 0) is 17.5 Å². The van der Waals surface area contributed by atoms with Gasteiger partial charge in [0.25, 0.3) is 0 Å². The van der Waals surface area contributed by atoms with Crippen molar-refractivity contribution >= 4 is 17.7 Å². The molecule has 1 atom stereocenters. The van der Waals surface area contributed by atoms with Crippen molar-refractivity contribution in [3.05, 3.63) is 65.7 Å². The van der Waals surface area contributed by atoms with Crippen LogP contribution in [0.2, 0.25) is 0 Å². The molecule has 0 bridgehead atoms. The maximum atomic E-state index is 12.6. The lowest BCUT2D eigenvalue weighted by atomic mass is 10.1. The summed E-state index contributed by atoms with van der Waals surface area (Å²) in [5.74, 6) is -0.212. The summed E-state index contributed by atoms with van der Waals surface area (Å²) in [4.78, 5) is 13.0. The summed E-state index contributed by atoms with van der Waals surface area (Å²) in [7, 11) is 0. The highest BCUT2D eigenvalue weighted by Gasteiger charge is 2.30. The molecule has 1 amide bonds. The second kappa shape index (κ2) is 7.55. The van der Waals surface area contributed by atoms with Crippen molar-refractivity contribution in [2.75, 3.05) is 0 Å². The van der Waals surface area contributed by atoms with Crippen molar-refractivity contribution < 1.29 is 18.0 Å². The summed E-state index contributed by atoms with van der Waals surface area (Å²) in [6, 6.07) is 14.4. The molecule has 2 aromatic carbocycles. The first-order valence-electron chi connectivity index (χ1n) is 7.02. The predicted molar refractivity (Wildman–Crippen MR) is 85.1 cm³/mol. The third-order valence-corrected chi connectivity index (χ3v) is 4.26. The third-order valence-electron chi connectivity index (χ3n) is 3.15. The SMILES string of the molecule is CC(Sc1ccccc1)C(=O)NCc1cccc(C(F)(F)F)c1. The molecule has 1 unspecified atom stereocenters. The zero-order valence-corrected chi connectivity index (χ0v) is 13.2. The Labute approximate surface area is 137 Å². The molecule has 6 heteroatoms. The lowest BCUT2D eigenvalue weighted by Crippen LogP contribution is -2.30. The largest absolute Gasteiger partial charge is 0.416 e. The Morgan fingerprint density at radius 3 is 2.48 bits per heavy atom. The number of halogens is 3. The van der Waals surface area contributed by atoms with Gasteiger partial charge < -0.3 is 5.32 Å². The molecule has 0 aliphatic heterocycles. The van der Waals surface area contributed by atoms with Crippen LogP contribution in [0.1, 0.15) is 18.1 Å². The van der Waals surface area contributed by atoms with Crippen LogP contribution in [0.25, 0.3) is 0 Å². The topological polar surface area (TPSA) is 29.1 Å². The van der Waals surface area contributed by atoms with E-state index in [2.05, 4.69) is 5.32 Å². The van der Waals surface area contributed by atoms with Crippen LogP contribution >= 0.6 is 11.8 Å². The fourth-order valence-corrected chi connectivity index (χ4v) is 2.86. The van der Waals surface area contributed by atoms with Gasteiger partial charge in [-0.2, -0.15) is 13.2 Å². The van der Waals surface area contributed by atoms with E-state index in [4.69, 9.17) is 0 Å². The highest BCUT2D eigenvalue weighted by Crippen LogP contribution is 2.29. The molecule has 0 spiro atoms. The summed E-state index contributed by atoms with van der Waals surface area (Å²) in [5.41, 5.74) is -0.291. The molecule has 0 fully saturated rings. The predicted octanol–water partition coefficient (Wildman–Crippen LogP) is 4.50. The first-order valence-corrected chi connectivity index (χ1v) is 7.90. The van der Waals surface area contributed by atoms with Gasteiger partial charge in [-0.05, 0) is 36.8 Å². The second-order valence-electron chi connectivity index (χ2n) is 4.99. The van der Waals surface area contributed by atoms with Crippen molar-refractivity contribution in [2.45, 2.75) is 29.8 Å². The third kappa shape index (κ3) is 5.32. The number of hydrogen-bond donors (Lipinski definition) is 1. The molecule has 2 nitrogen and oxygen atoms in total. The molecule has 23 heavy (non-hydrogen) atoms. The van der Waals surface area contributed by atoms with Crippen molar-refractivity contribution in [3.8, 4) is 0 Å². The summed E-state index contributed by atoms with van der Waals surface area (Å²) in [6.45, 7) is 1.83. The number of alkyl halides is 3. The number of nitrogens with one attached hydrogen (secondary N) is 1. The van der Waals surface area contributed by atoms with E-state index < -0.39 is 11.7 Å². The van der Waals surface area contributed by atoms with Gasteiger partial charge in [0.05, 0.1) is 10.8 Å². The van der Waals surface area contributed by atoms with Crippen molar-refractivity contribution in [1.82, 2.24) is 5.32 Å². The Kier molecular flexibility index (Phi) is 5.71. The Morgan fingerprint density at radius 1 is 1.13 bits per heavy atom. The lowest BCUT2D eigenvalue weighted by Gasteiger charge is -2.13. The minimum Gasteiger partial charge on any atom is -0.351 e. The van der Waals surface area contributed by atoms with Gasteiger partial charge in [-0.25, -0.2) is 0 Å². The summed E-state index contributed by atoms with van der Waals surface area (Å²) in [6.07, 6.45) is -4.38. The number of hydrogen-bond acceptors (Lipinski definition) is 2. The average molecular weight is 339 g/mol. The van der Waals surface area contributed by atoms with E-state index in [1.54, 1.807) is 13.0 Å². The number of carbonyl (C=O) groups excluding carboxylic acids is 1. The number of rotatable bonds is 5. The standard InChI is InChI=1S/C17H16F3NOS/c1-12(23-15-8-3-2-4-9-15)16(22)21-11-13-6-5-7-14(10-13)17(18,19)20/h2-10,12H,11H2,1H3,(H,21,22). The van der Waals surface area contributed by atoms with Crippen molar-refractivity contribution in [3.63, 3.8) is 0 Å². The van der Waals surface area contributed by atoms with Crippen LogP contribution in [0.5, 0.6) is 0 Å². The van der Waals surface area contributed by atoms with Gasteiger partial charge in [0.15, 0.2) is 0 Å². The number of carbonyl (C=O) groups is 1. The van der Waals surface area contributed by atoms with E-state index in [-0.39, 0.29) is 17.7 Å². The molecule has 0 saturated carbocycles. The molecule has 0 aliphatic rings. The quantitative estimate of drug-likeness (QED) is 0.813. The van der Waals surface area contributed by atoms with Crippen LogP contribution in [-0.4, -0.2) is 11.2 Å². The van der Waals surface area contributed by atoms with E-state index >= 15 is 0 Å². The maximum Gasteiger partial charge on any atom is 0.416 e. The van der Waals surface area contributed by atoms with Crippen molar-refractivity contribution in [2.24, 2.45) is 0 Å². The van der Waals surface area contributed by atoms with Gasteiger partial charge >= 0.3 is 6.18 Å². The number of thioether (sulfide) groups is 1. The first kappa shape index (κ1) is 17.4. The fraction of sp³-hybridized carbons (Fsp3) is 0.235. The molecule has 0 heterocycles. The second-order valence-corrected chi connectivity index (χ2v) is 6.40. The normalized spacial score (nSPS) is 12.7. The maximum absolute atomic E-state index is 12.6. The molecule has 0 aliphatic carbocycles. The number of amides is 1. The van der Waals surface area contributed by atoms with Gasteiger partial charge in [-0.1, -0.05) is 30.3 Å². The Bertz CT molecular complexity index is 658. The fourth-order valence-electron chi connectivity index (χ4n) is 1.95. The minimum absolute atomic E-state index is 0.0719. The van der Waals surface area contributed by atoms with E-state index in [0.29, 0.717) is 5.56 Å². The van der Waals surface area contributed by atoms with Gasteiger partial charge in [0.2, 0.25) is 5.91 Å². The van der Waals surface area contributed by atoms with E-state index in [9.17, 15) is 18.0 Å². The monoisotopic (exact) mass is 339 g/mol. The van der Waals surface area contributed by atoms with Gasteiger partial charge in [-0.15, -0.1) is 11.8 Å². The molecule has 2 aromatic rings. The zero-order valence-electron chi connectivity index (χ0n) is 12.4. The summed E-state index contributed by atoms with van der Waals surface area (Å²) >= 11 is 1.40. The highest BCUT2D eigenvalue weighted by atomic mass is 32.2. The molecular weight excluding hydrogens is 323 g/mol. The van der Waals surface area contributed by atoms with Crippen LogP contribution < -0.4 is 5.32 Å². The van der Waals surface area contributed by atoms with E-state index in [0.717, 1.165) is 17.0 Å². The molecule has 2 rings (SSSR count). The van der Waals surface area contributed by atoms with Gasteiger partial charge in [-0.3, -0.25) is 4.79 Å². The Hall–Kier alpha value is -1.95. The summed E-state index contributed by atoms with van der Waals surface area (Å²) < 4.78 is 37.9. The molecular formula is C17H16F3NOS. The Balaban J connectivity index is 1.91. The minimum atomic E-state index is -4.38. The first-order chi connectivity index (χ1) is 10.9. The highest BCUT2D eigenvalue weighted by molar-refractivity contribution is 8.00. The molecule has 0 aromatic heterocycles. The van der Waals surface area contributed by atoms with Crippen LogP contribution in [0, 0.1) is 0 Å².